The first-order valence-electron chi connectivity index (χ1n) is 6.21. The molecule has 0 unspecified atom stereocenters. The van der Waals surface area contributed by atoms with Gasteiger partial charge in [-0.15, -0.1) is 11.3 Å². The Labute approximate surface area is 113 Å². The fourth-order valence-corrected chi connectivity index (χ4v) is 5.04. The van der Waals surface area contributed by atoms with Crippen LogP contribution < -0.4 is 5.73 Å². The lowest BCUT2D eigenvalue weighted by Crippen LogP contribution is -2.33. The van der Waals surface area contributed by atoms with Crippen molar-refractivity contribution in [2.45, 2.75) is 36.9 Å². The smallest absolute Gasteiger partial charge is 0.252 e. The molecule has 1 aromatic heterocycles. The van der Waals surface area contributed by atoms with Gasteiger partial charge in [-0.1, -0.05) is 6.42 Å². The molecule has 2 rings (SSSR count). The summed E-state index contributed by atoms with van der Waals surface area (Å²) in [6.07, 6.45) is 3.53. The van der Waals surface area contributed by atoms with E-state index in [1.165, 1.54) is 22.1 Å². The van der Waals surface area contributed by atoms with Gasteiger partial charge in [0.05, 0.1) is 0 Å². The predicted octanol–water partition coefficient (Wildman–Crippen LogP) is 1.94. The van der Waals surface area contributed by atoms with Crippen molar-refractivity contribution in [2.75, 3.05) is 13.6 Å². The summed E-state index contributed by atoms with van der Waals surface area (Å²) in [6, 6.07) is 1.74. The Morgan fingerprint density at radius 1 is 1.50 bits per heavy atom. The minimum Gasteiger partial charge on any atom is -0.326 e. The Morgan fingerprint density at radius 2 is 2.17 bits per heavy atom. The van der Waals surface area contributed by atoms with Crippen molar-refractivity contribution in [2.24, 2.45) is 11.7 Å². The number of rotatable bonds is 5. The van der Waals surface area contributed by atoms with E-state index in [4.69, 9.17) is 5.73 Å². The molecule has 0 aromatic carbocycles. The number of hydrogen-bond acceptors (Lipinski definition) is 4. The van der Waals surface area contributed by atoms with Gasteiger partial charge < -0.3 is 5.73 Å². The molecule has 0 amide bonds. The number of hydrogen-bond donors (Lipinski definition) is 1. The average Bonchev–Trinajstić information content (AvgIpc) is 2.65. The minimum atomic E-state index is -3.33. The number of nitrogens with zero attached hydrogens (tertiary/aromatic N) is 1. The summed E-state index contributed by atoms with van der Waals surface area (Å²) in [6.45, 7) is 2.94. The molecule has 1 aliphatic carbocycles. The molecule has 0 aliphatic heterocycles. The Kier molecular flexibility index (Phi) is 4.11. The van der Waals surface area contributed by atoms with Crippen LogP contribution in [0.2, 0.25) is 0 Å². The van der Waals surface area contributed by atoms with Crippen molar-refractivity contribution in [3.05, 3.63) is 16.5 Å². The van der Waals surface area contributed by atoms with Crippen LogP contribution in [-0.4, -0.2) is 26.3 Å². The van der Waals surface area contributed by atoms with Crippen molar-refractivity contribution < 1.29 is 8.42 Å². The zero-order chi connectivity index (χ0) is 13.3. The van der Waals surface area contributed by atoms with Crippen LogP contribution in [0.4, 0.5) is 0 Å². The maximum atomic E-state index is 12.4. The highest BCUT2D eigenvalue weighted by Gasteiger charge is 2.28. The molecule has 4 nitrogen and oxygen atoms in total. The summed E-state index contributed by atoms with van der Waals surface area (Å²) >= 11 is 1.29. The van der Waals surface area contributed by atoms with E-state index in [9.17, 15) is 8.42 Å². The number of nitrogens with two attached hydrogens (primary N) is 1. The molecule has 0 atom stereocenters. The largest absolute Gasteiger partial charge is 0.326 e. The summed E-state index contributed by atoms with van der Waals surface area (Å²) in [7, 11) is -1.65. The van der Waals surface area contributed by atoms with E-state index in [2.05, 4.69) is 0 Å². The second-order valence-electron chi connectivity index (χ2n) is 4.96. The first-order valence-corrected chi connectivity index (χ1v) is 8.46. The zero-order valence-corrected chi connectivity index (χ0v) is 12.5. The van der Waals surface area contributed by atoms with Gasteiger partial charge in [0, 0.05) is 25.0 Å². The predicted molar refractivity (Wildman–Crippen MR) is 74.1 cm³/mol. The quantitative estimate of drug-likeness (QED) is 0.900. The van der Waals surface area contributed by atoms with Crippen LogP contribution in [-0.2, 0) is 16.6 Å². The molecule has 0 saturated heterocycles. The molecule has 2 N–H and O–H groups in total. The monoisotopic (exact) mass is 288 g/mol. The second kappa shape index (κ2) is 5.28. The van der Waals surface area contributed by atoms with Crippen LogP contribution >= 0.6 is 11.3 Å². The molecule has 0 bridgehead atoms. The van der Waals surface area contributed by atoms with Gasteiger partial charge in [0.25, 0.3) is 10.0 Å². The third-order valence-corrected chi connectivity index (χ3v) is 7.12. The van der Waals surface area contributed by atoms with Crippen LogP contribution in [0.5, 0.6) is 0 Å². The third-order valence-electron chi connectivity index (χ3n) is 3.59. The Morgan fingerprint density at radius 3 is 2.61 bits per heavy atom. The molecule has 0 radical (unpaired) electrons. The lowest BCUT2D eigenvalue weighted by molar-refractivity contribution is 0.263. The Bertz CT molecular complexity index is 518. The van der Waals surface area contributed by atoms with Crippen molar-refractivity contribution in [3.8, 4) is 0 Å². The lowest BCUT2D eigenvalue weighted by atomic mass is 9.86. The van der Waals surface area contributed by atoms with Gasteiger partial charge in [-0.25, -0.2) is 8.42 Å². The first-order chi connectivity index (χ1) is 8.45. The summed E-state index contributed by atoms with van der Waals surface area (Å²) in [5.41, 5.74) is 6.57. The van der Waals surface area contributed by atoms with E-state index in [-0.39, 0.29) is 0 Å². The zero-order valence-electron chi connectivity index (χ0n) is 10.8. The normalized spacial score (nSPS) is 17.1. The minimum absolute atomic E-state index is 0.401. The molecule has 18 heavy (non-hydrogen) atoms. The molecule has 6 heteroatoms. The van der Waals surface area contributed by atoms with Gasteiger partial charge in [-0.2, -0.15) is 4.31 Å². The summed E-state index contributed by atoms with van der Waals surface area (Å²) < 4.78 is 26.7. The molecule has 102 valence electrons. The van der Waals surface area contributed by atoms with Crippen molar-refractivity contribution >= 4 is 21.4 Å². The third kappa shape index (κ3) is 2.61. The molecule has 1 heterocycles. The highest BCUT2D eigenvalue weighted by Crippen LogP contribution is 2.31. The molecular formula is C12H20N2O2S2. The van der Waals surface area contributed by atoms with Gasteiger partial charge in [-0.05, 0) is 37.3 Å². The SMILES string of the molecule is Cc1cc(S(=O)(=O)N(C)CC2CCC2)sc1CN. The lowest BCUT2D eigenvalue weighted by Gasteiger charge is -2.29. The van der Waals surface area contributed by atoms with Gasteiger partial charge in [-0.3, -0.25) is 0 Å². The molecule has 0 spiro atoms. The average molecular weight is 288 g/mol. The van der Waals surface area contributed by atoms with Crippen LogP contribution in [0.3, 0.4) is 0 Å². The van der Waals surface area contributed by atoms with E-state index in [1.807, 2.05) is 6.92 Å². The van der Waals surface area contributed by atoms with E-state index in [1.54, 1.807) is 13.1 Å². The van der Waals surface area contributed by atoms with E-state index < -0.39 is 10.0 Å². The first kappa shape index (κ1) is 14.0. The Balaban J connectivity index is 2.17. The van der Waals surface area contributed by atoms with Crippen molar-refractivity contribution in [3.63, 3.8) is 0 Å². The summed E-state index contributed by atoms with van der Waals surface area (Å²) in [5.74, 6) is 0.541. The highest BCUT2D eigenvalue weighted by atomic mass is 32.2. The molecule has 1 fully saturated rings. The van der Waals surface area contributed by atoms with Crippen LogP contribution in [0.25, 0.3) is 0 Å². The summed E-state index contributed by atoms with van der Waals surface area (Å²) in [5, 5.41) is 0. The topological polar surface area (TPSA) is 63.4 Å². The van der Waals surface area contributed by atoms with E-state index in [0.717, 1.165) is 23.3 Å². The van der Waals surface area contributed by atoms with Gasteiger partial charge in [0.2, 0.25) is 0 Å². The summed E-state index contributed by atoms with van der Waals surface area (Å²) in [4.78, 5) is 0.950. The van der Waals surface area contributed by atoms with Crippen molar-refractivity contribution in [1.82, 2.24) is 4.31 Å². The highest BCUT2D eigenvalue weighted by molar-refractivity contribution is 7.91. The van der Waals surface area contributed by atoms with E-state index in [0.29, 0.717) is 23.2 Å². The van der Waals surface area contributed by atoms with E-state index >= 15 is 0 Å². The standard InChI is InChI=1S/C12H20N2O2S2/c1-9-6-12(17-11(9)7-13)18(15,16)14(2)8-10-4-3-5-10/h6,10H,3-5,7-8,13H2,1-2H3. The maximum absolute atomic E-state index is 12.4. The van der Waals surface area contributed by atoms with Crippen molar-refractivity contribution in [1.29, 1.82) is 0 Å². The number of aryl methyl sites for hydroxylation is 1. The number of sulfonamides is 1. The maximum Gasteiger partial charge on any atom is 0.252 e. The fourth-order valence-electron chi connectivity index (χ4n) is 2.11. The molecule has 1 aliphatic rings. The molecular weight excluding hydrogens is 268 g/mol. The van der Waals surface area contributed by atoms with Crippen LogP contribution in [0, 0.1) is 12.8 Å². The van der Waals surface area contributed by atoms with Gasteiger partial charge >= 0.3 is 0 Å². The Hall–Kier alpha value is -0.430. The van der Waals surface area contributed by atoms with Gasteiger partial charge in [0.1, 0.15) is 4.21 Å². The number of thiophene rings is 1. The molecule has 1 aromatic rings. The second-order valence-corrected chi connectivity index (χ2v) is 8.37. The van der Waals surface area contributed by atoms with Crippen LogP contribution in [0.1, 0.15) is 29.7 Å². The van der Waals surface area contributed by atoms with Crippen LogP contribution in [0.15, 0.2) is 10.3 Å². The fraction of sp³-hybridized carbons (Fsp3) is 0.667. The van der Waals surface area contributed by atoms with Gasteiger partial charge in [0.15, 0.2) is 0 Å². The molecule has 1 saturated carbocycles.